The number of aryl methyl sites for hydroxylation is 2. The molecule has 0 aliphatic heterocycles. The number of nitro groups is 1. The van der Waals surface area contributed by atoms with Gasteiger partial charge in [-0.3, -0.25) is 14.9 Å². The van der Waals surface area contributed by atoms with Crippen LogP contribution in [-0.2, 0) is 11.4 Å². The van der Waals surface area contributed by atoms with Crippen molar-refractivity contribution in [3.05, 3.63) is 69.6 Å². The van der Waals surface area contributed by atoms with Gasteiger partial charge in [0.1, 0.15) is 11.4 Å². The van der Waals surface area contributed by atoms with Crippen LogP contribution in [0.25, 0.3) is 0 Å². The van der Waals surface area contributed by atoms with E-state index in [1.807, 2.05) is 31.2 Å². The second-order valence-electron chi connectivity index (χ2n) is 6.18. The van der Waals surface area contributed by atoms with Crippen molar-refractivity contribution < 1.29 is 18.9 Å². The Labute approximate surface area is 170 Å². The molecule has 2 aromatic carbocycles. The maximum absolute atomic E-state index is 12.1. The smallest absolute Gasteiger partial charge is 0.293 e. The standard InChI is InChI=1S/C19H18N4O5S/c1-12-4-3-5-14(8-12)27-10-18-21-22-19(28-18)29-11-17(24)20-15-7-6-13(2)9-16(15)23(25)26/h3-9H,10-11H2,1-2H3,(H,20,24). The summed E-state index contributed by atoms with van der Waals surface area (Å²) in [6.07, 6.45) is 0. The Balaban J connectivity index is 1.52. The summed E-state index contributed by atoms with van der Waals surface area (Å²) in [5.74, 6) is 0.517. The molecule has 0 aliphatic rings. The van der Waals surface area contributed by atoms with E-state index in [2.05, 4.69) is 15.5 Å². The molecule has 0 radical (unpaired) electrons. The first kappa shape index (κ1) is 20.3. The quantitative estimate of drug-likeness (QED) is 0.335. The third-order valence-electron chi connectivity index (χ3n) is 3.75. The zero-order valence-corrected chi connectivity index (χ0v) is 16.6. The molecule has 29 heavy (non-hydrogen) atoms. The van der Waals surface area contributed by atoms with Crippen LogP contribution in [0.15, 0.2) is 52.1 Å². The van der Waals surface area contributed by atoms with Crippen LogP contribution < -0.4 is 10.1 Å². The number of thioether (sulfide) groups is 1. The fourth-order valence-electron chi connectivity index (χ4n) is 2.42. The van der Waals surface area contributed by atoms with Crippen LogP contribution >= 0.6 is 11.8 Å². The number of amides is 1. The average molecular weight is 414 g/mol. The van der Waals surface area contributed by atoms with E-state index in [1.165, 1.54) is 12.1 Å². The van der Waals surface area contributed by atoms with Crippen LogP contribution in [0.3, 0.4) is 0 Å². The molecule has 9 nitrogen and oxygen atoms in total. The van der Waals surface area contributed by atoms with Gasteiger partial charge in [0.15, 0.2) is 6.61 Å². The number of ether oxygens (including phenoxy) is 1. The first-order chi connectivity index (χ1) is 13.9. The molecule has 3 aromatic rings. The normalized spacial score (nSPS) is 10.6. The van der Waals surface area contributed by atoms with E-state index in [9.17, 15) is 14.9 Å². The predicted molar refractivity (Wildman–Crippen MR) is 107 cm³/mol. The van der Waals surface area contributed by atoms with Gasteiger partial charge in [0, 0.05) is 6.07 Å². The molecule has 0 unspecified atom stereocenters. The second kappa shape index (κ2) is 9.20. The Morgan fingerprint density at radius 2 is 2.00 bits per heavy atom. The van der Waals surface area contributed by atoms with Crippen molar-refractivity contribution in [2.45, 2.75) is 25.7 Å². The Hall–Kier alpha value is -3.40. The number of nitrogens with one attached hydrogen (secondary N) is 1. The number of hydrogen-bond acceptors (Lipinski definition) is 8. The molecule has 3 rings (SSSR count). The Kier molecular flexibility index (Phi) is 6.45. The number of rotatable bonds is 8. The first-order valence-electron chi connectivity index (χ1n) is 8.60. The van der Waals surface area contributed by atoms with Gasteiger partial charge < -0.3 is 14.5 Å². The van der Waals surface area contributed by atoms with Crippen molar-refractivity contribution in [2.24, 2.45) is 0 Å². The van der Waals surface area contributed by atoms with E-state index in [0.717, 1.165) is 22.9 Å². The van der Waals surface area contributed by atoms with Crippen LogP contribution in [0, 0.1) is 24.0 Å². The molecular formula is C19H18N4O5S. The molecule has 10 heteroatoms. The monoisotopic (exact) mass is 414 g/mol. The highest BCUT2D eigenvalue weighted by Crippen LogP contribution is 2.26. The third-order valence-corrected chi connectivity index (χ3v) is 4.57. The summed E-state index contributed by atoms with van der Waals surface area (Å²) in [4.78, 5) is 22.7. The number of nitro benzene ring substituents is 1. The SMILES string of the molecule is Cc1cccc(OCc2nnc(SCC(=O)Nc3ccc(C)cc3[N+](=O)[O-])o2)c1. The van der Waals surface area contributed by atoms with E-state index < -0.39 is 10.8 Å². The molecular weight excluding hydrogens is 396 g/mol. The van der Waals surface area contributed by atoms with Crippen molar-refractivity contribution in [3.8, 4) is 5.75 Å². The van der Waals surface area contributed by atoms with E-state index in [0.29, 0.717) is 5.75 Å². The molecule has 0 bridgehead atoms. The number of nitrogens with zero attached hydrogens (tertiary/aromatic N) is 3. The van der Waals surface area contributed by atoms with Crippen LogP contribution in [0.1, 0.15) is 17.0 Å². The number of carbonyl (C=O) groups excluding carboxylic acids is 1. The van der Waals surface area contributed by atoms with Crippen LogP contribution in [0.2, 0.25) is 0 Å². The Morgan fingerprint density at radius 1 is 1.21 bits per heavy atom. The molecule has 0 atom stereocenters. The highest BCUT2D eigenvalue weighted by Gasteiger charge is 2.17. The van der Waals surface area contributed by atoms with Gasteiger partial charge in [-0.05, 0) is 43.2 Å². The minimum absolute atomic E-state index is 0.0363. The topological polar surface area (TPSA) is 120 Å². The molecule has 1 N–H and O–H groups in total. The summed E-state index contributed by atoms with van der Waals surface area (Å²) in [5, 5.41) is 21.6. The van der Waals surface area contributed by atoms with Gasteiger partial charge in [-0.2, -0.15) is 0 Å². The maximum atomic E-state index is 12.1. The molecule has 1 amide bonds. The summed E-state index contributed by atoms with van der Waals surface area (Å²) < 4.78 is 11.0. The molecule has 1 heterocycles. The zero-order chi connectivity index (χ0) is 20.8. The fourth-order valence-corrected chi connectivity index (χ4v) is 3.00. The van der Waals surface area contributed by atoms with Gasteiger partial charge in [-0.15, -0.1) is 10.2 Å². The minimum atomic E-state index is -0.533. The lowest BCUT2D eigenvalue weighted by Crippen LogP contribution is -2.15. The van der Waals surface area contributed by atoms with Gasteiger partial charge in [-0.25, -0.2) is 0 Å². The summed E-state index contributed by atoms with van der Waals surface area (Å²) in [6, 6.07) is 12.2. The Morgan fingerprint density at radius 3 is 2.76 bits per heavy atom. The summed E-state index contributed by atoms with van der Waals surface area (Å²) in [7, 11) is 0. The molecule has 0 fully saturated rings. The van der Waals surface area contributed by atoms with Crippen molar-refractivity contribution in [3.63, 3.8) is 0 Å². The van der Waals surface area contributed by atoms with E-state index in [1.54, 1.807) is 13.0 Å². The molecule has 0 saturated heterocycles. The summed E-state index contributed by atoms with van der Waals surface area (Å²) in [6.45, 7) is 3.81. The minimum Gasteiger partial charge on any atom is -0.484 e. The average Bonchev–Trinajstić information content (AvgIpc) is 3.14. The number of hydrogen-bond donors (Lipinski definition) is 1. The number of aromatic nitrogens is 2. The summed E-state index contributed by atoms with van der Waals surface area (Å²) in [5.41, 5.74) is 1.79. The lowest BCUT2D eigenvalue weighted by atomic mass is 10.2. The van der Waals surface area contributed by atoms with Crippen molar-refractivity contribution in [2.75, 3.05) is 11.1 Å². The first-order valence-corrected chi connectivity index (χ1v) is 9.59. The zero-order valence-electron chi connectivity index (χ0n) is 15.7. The summed E-state index contributed by atoms with van der Waals surface area (Å²) >= 11 is 1.03. The Bertz CT molecular complexity index is 1040. The van der Waals surface area contributed by atoms with E-state index in [4.69, 9.17) is 9.15 Å². The molecule has 150 valence electrons. The van der Waals surface area contributed by atoms with Gasteiger partial charge in [0.2, 0.25) is 5.91 Å². The van der Waals surface area contributed by atoms with Gasteiger partial charge in [0.25, 0.3) is 16.8 Å². The molecule has 1 aromatic heterocycles. The van der Waals surface area contributed by atoms with Crippen molar-refractivity contribution in [1.82, 2.24) is 10.2 Å². The lowest BCUT2D eigenvalue weighted by Gasteiger charge is -2.05. The predicted octanol–water partition coefficient (Wildman–Crippen LogP) is 3.90. The molecule has 0 saturated carbocycles. The largest absolute Gasteiger partial charge is 0.484 e. The van der Waals surface area contributed by atoms with E-state index >= 15 is 0 Å². The van der Waals surface area contributed by atoms with Crippen LogP contribution in [0.4, 0.5) is 11.4 Å². The number of carbonyl (C=O) groups is 1. The van der Waals surface area contributed by atoms with Crippen LogP contribution in [-0.4, -0.2) is 26.8 Å². The second-order valence-corrected chi connectivity index (χ2v) is 7.11. The van der Waals surface area contributed by atoms with Crippen molar-refractivity contribution in [1.29, 1.82) is 0 Å². The number of anilines is 1. The molecule has 0 spiro atoms. The van der Waals surface area contributed by atoms with Gasteiger partial charge >= 0.3 is 0 Å². The third kappa shape index (κ3) is 5.79. The number of benzene rings is 2. The van der Waals surface area contributed by atoms with Gasteiger partial charge in [-0.1, -0.05) is 30.0 Å². The van der Waals surface area contributed by atoms with Crippen molar-refractivity contribution >= 4 is 29.0 Å². The highest BCUT2D eigenvalue weighted by molar-refractivity contribution is 7.99. The molecule has 0 aliphatic carbocycles. The fraction of sp³-hybridized carbons (Fsp3) is 0.211. The van der Waals surface area contributed by atoms with Gasteiger partial charge in [0.05, 0.1) is 10.7 Å². The highest BCUT2D eigenvalue weighted by atomic mass is 32.2. The maximum Gasteiger partial charge on any atom is 0.293 e. The lowest BCUT2D eigenvalue weighted by molar-refractivity contribution is -0.384. The van der Waals surface area contributed by atoms with Crippen LogP contribution in [0.5, 0.6) is 5.75 Å². The van der Waals surface area contributed by atoms with E-state index in [-0.39, 0.29) is 34.8 Å².